The number of carbonyl (C=O) groups is 1. The Hall–Kier alpha value is -1.81. The van der Waals surface area contributed by atoms with Crippen LogP contribution in [-0.2, 0) is 0 Å². The van der Waals surface area contributed by atoms with Crippen LogP contribution in [0.15, 0.2) is 30.5 Å². The van der Waals surface area contributed by atoms with Crippen molar-refractivity contribution in [2.75, 3.05) is 0 Å². The Labute approximate surface area is 117 Å². The number of fused-ring (bicyclic) bond motifs is 3. The van der Waals surface area contributed by atoms with Crippen LogP contribution in [0.4, 0.5) is 0 Å². The summed E-state index contributed by atoms with van der Waals surface area (Å²) in [4.78, 5) is 21.5. The topological polar surface area (TPSA) is 54.9 Å². The zero-order valence-electron chi connectivity index (χ0n) is 11.2. The van der Waals surface area contributed by atoms with Crippen molar-refractivity contribution in [2.24, 2.45) is 5.92 Å². The number of aromatic nitrogens is 2. The van der Waals surface area contributed by atoms with Gasteiger partial charge >= 0.3 is 0 Å². The van der Waals surface area contributed by atoms with E-state index in [-0.39, 0.29) is 11.7 Å². The lowest BCUT2D eigenvalue weighted by molar-refractivity contribution is 0.0870. The molecule has 2 aliphatic rings. The number of hydrogen-bond donors (Lipinski definition) is 1. The van der Waals surface area contributed by atoms with Gasteiger partial charge in [0.25, 0.3) is 0 Å². The number of benzene rings is 1. The fourth-order valence-electron chi connectivity index (χ4n) is 3.56. The maximum absolute atomic E-state index is 12.6. The molecule has 2 saturated heterocycles. The molecule has 4 heteroatoms. The number of rotatable bonds is 2. The monoisotopic (exact) mass is 267 g/mol. The molecule has 2 bridgehead atoms. The van der Waals surface area contributed by atoms with Gasteiger partial charge in [-0.05, 0) is 37.8 Å². The van der Waals surface area contributed by atoms with E-state index in [9.17, 15) is 4.79 Å². The molecular weight excluding hydrogens is 250 g/mol. The van der Waals surface area contributed by atoms with Gasteiger partial charge in [-0.2, -0.15) is 0 Å². The summed E-state index contributed by atoms with van der Waals surface area (Å²) in [5.41, 5.74) is 2.17. The third-order valence-corrected chi connectivity index (χ3v) is 4.54. The van der Waals surface area contributed by atoms with Gasteiger partial charge in [-0.25, -0.2) is 4.98 Å². The maximum atomic E-state index is 12.6. The molecule has 20 heavy (non-hydrogen) atoms. The highest BCUT2D eigenvalue weighted by molar-refractivity contribution is 5.97. The van der Waals surface area contributed by atoms with Gasteiger partial charge in [0.1, 0.15) is 5.69 Å². The standard InChI is InChI=1S/C16H17N3O/c20-16(10-7-11-5-6-12(8-10)18-11)15-9-17-13-3-1-2-4-14(13)19-15/h1-4,9-12,18H,5-8H2. The normalized spacial score (nSPS) is 28.7. The summed E-state index contributed by atoms with van der Waals surface area (Å²) in [7, 11) is 0. The minimum atomic E-state index is 0.115. The molecule has 102 valence electrons. The van der Waals surface area contributed by atoms with Crippen LogP contribution in [0.3, 0.4) is 0 Å². The van der Waals surface area contributed by atoms with Crippen LogP contribution in [0.1, 0.15) is 36.2 Å². The average Bonchev–Trinajstić information content (AvgIpc) is 2.84. The quantitative estimate of drug-likeness (QED) is 0.849. The average molecular weight is 267 g/mol. The van der Waals surface area contributed by atoms with Gasteiger partial charge in [-0.3, -0.25) is 9.78 Å². The van der Waals surface area contributed by atoms with Crippen LogP contribution in [0.5, 0.6) is 0 Å². The smallest absolute Gasteiger partial charge is 0.185 e. The molecule has 2 aliphatic heterocycles. The molecule has 3 heterocycles. The molecule has 0 radical (unpaired) electrons. The Morgan fingerprint density at radius 1 is 1.10 bits per heavy atom. The summed E-state index contributed by atoms with van der Waals surface area (Å²) in [6.07, 6.45) is 5.94. The molecule has 2 atom stereocenters. The summed E-state index contributed by atoms with van der Waals surface area (Å²) in [5, 5.41) is 3.57. The number of para-hydroxylation sites is 2. The van der Waals surface area contributed by atoms with Gasteiger partial charge in [-0.15, -0.1) is 0 Å². The van der Waals surface area contributed by atoms with Gasteiger partial charge in [0.05, 0.1) is 17.2 Å². The SMILES string of the molecule is O=C(c1cnc2ccccc2n1)C1CC2CCC(C1)N2. The van der Waals surface area contributed by atoms with E-state index in [1.54, 1.807) is 6.20 Å². The van der Waals surface area contributed by atoms with Crippen molar-refractivity contribution in [3.05, 3.63) is 36.2 Å². The van der Waals surface area contributed by atoms with Gasteiger partial charge in [-0.1, -0.05) is 12.1 Å². The van der Waals surface area contributed by atoms with E-state index in [2.05, 4.69) is 15.3 Å². The van der Waals surface area contributed by atoms with Gasteiger partial charge in [0.2, 0.25) is 0 Å². The van der Waals surface area contributed by atoms with E-state index < -0.39 is 0 Å². The lowest BCUT2D eigenvalue weighted by Gasteiger charge is -2.27. The summed E-state index contributed by atoms with van der Waals surface area (Å²) in [6, 6.07) is 8.73. The molecule has 2 aromatic rings. The minimum absolute atomic E-state index is 0.115. The summed E-state index contributed by atoms with van der Waals surface area (Å²) in [5.74, 6) is 0.283. The number of hydrogen-bond acceptors (Lipinski definition) is 4. The Bertz CT molecular complexity index is 658. The highest BCUT2D eigenvalue weighted by atomic mass is 16.1. The van der Waals surface area contributed by atoms with Crippen molar-refractivity contribution in [3.63, 3.8) is 0 Å². The summed E-state index contributed by atoms with van der Waals surface area (Å²) in [6.45, 7) is 0. The fraction of sp³-hybridized carbons (Fsp3) is 0.438. The number of carbonyl (C=O) groups excluding carboxylic acids is 1. The number of ketones is 1. The first kappa shape index (κ1) is 12.0. The van der Waals surface area contributed by atoms with Crippen LogP contribution in [0, 0.1) is 5.92 Å². The van der Waals surface area contributed by atoms with Crippen LogP contribution >= 0.6 is 0 Å². The zero-order valence-corrected chi connectivity index (χ0v) is 11.2. The molecule has 2 unspecified atom stereocenters. The second-order valence-corrected chi connectivity index (χ2v) is 5.91. The van der Waals surface area contributed by atoms with Crippen molar-refractivity contribution in [2.45, 2.75) is 37.8 Å². The first-order valence-electron chi connectivity index (χ1n) is 7.31. The minimum Gasteiger partial charge on any atom is -0.311 e. The Balaban J connectivity index is 1.63. The van der Waals surface area contributed by atoms with Crippen molar-refractivity contribution < 1.29 is 4.79 Å². The largest absolute Gasteiger partial charge is 0.311 e. The van der Waals surface area contributed by atoms with E-state index in [0.717, 1.165) is 23.9 Å². The first-order chi connectivity index (χ1) is 9.79. The number of Topliss-reactive ketones (excluding diaryl/α,β-unsaturated/α-hetero) is 1. The second-order valence-electron chi connectivity index (χ2n) is 5.91. The van der Waals surface area contributed by atoms with Crippen LogP contribution in [0.25, 0.3) is 11.0 Å². The lowest BCUT2D eigenvalue weighted by Crippen LogP contribution is -2.40. The fourth-order valence-corrected chi connectivity index (χ4v) is 3.56. The Kier molecular flexibility index (Phi) is 2.77. The van der Waals surface area contributed by atoms with Crippen molar-refractivity contribution in [3.8, 4) is 0 Å². The maximum Gasteiger partial charge on any atom is 0.185 e. The van der Waals surface area contributed by atoms with E-state index in [1.807, 2.05) is 24.3 Å². The Morgan fingerprint density at radius 3 is 2.55 bits per heavy atom. The summed E-state index contributed by atoms with van der Waals surface area (Å²) < 4.78 is 0. The molecule has 0 amide bonds. The van der Waals surface area contributed by atoms with E-state index in [4.69, 9.17) is 0 Å². The van der Waals surface area contributed by atoms with E-state index >= 15 is 0 Å². The predicted molar refractivity (Wildman–Crippen MR) is 76.5 cm³/mol. The number of nitrogens with one attached hydrogen (secondary N) is 1. The number of piperidine rings is 1. The van der Waals surface area contributed by atoms with Crippen molar-refractivity contribution in [1.82, 2.24) is 15.3 Å². The molecule has 1 N–H and O–H groups in total. The van der Waals surface area contributed by atoms with Crippen molar-refractivity contribution in [1.29, 1.82) is 0 Å². The predicted octanol–water partition coefficient (Wildman–Crippen LogP) is 2.34. The molecule has 4 nitrogen and oxygen atoms in total. The molecule has 4 rings (SSSR count). The molecule has 1 aromatic heterocycles. The number of nitrogens with zero attached hydrogens (tertiary/aromatic N) is 2. The van der Waals surface area contributed by atoms with Crippen molar-refractivity contribution >= 4 is 16.8 Å². The molecule has 0 saturated carbocycles. The van der Waals surface area contributed by atoms with Gasteiger partial charge < -0.3 is 5.32 Å². The van der Waals surface area contributed by atoms with Gasteiger partial charge in [0.15, 0.2) is 5.78 Å². The zero-order chi connectivity index (χ0) is 13.5. The second kappa shape index (κ2) is 4.63. The van der Waals surface area contributed by atoms with Crippen LogP contribution in [0.2, 0.25) is 0 Å². The third kappa shape index (κ3) is 2.00. The molecule has 1 aromatic carbocycles. The first-order valence-corrected chi connectivity index (χ1v) is 7.31. The highest BCUT2D eigenvalue weighted by Crippen LogP contribution is 2.32. The molecular formula is C16H17N3O. The third-order valence-electron chi connectivity index (χ3n) is 4.54. The van der Waals surface area contributed by atoms with E-state index in [0.29, 0.717) is 17.8 Å². The van der Waals surface area contributed by atoms with E-state index in [1.165, 1.54) is 12.8 Å². The Morgan fingerprint density at radius 2 is 1.80 bits per heavy atom. The molecule has 2 fully saturated rings. The lowest BCUT2D eigenvalue weighted by atomic mass is 9.87. The molecule has 0 aliphatic carbocycles. The van der Waals surface area contributed by atoms with Crippen LogP contribution in [-0.4, -0.2) is 27.8 Å². The van der Waals surface area contributed by atoms with Crippen LogP contribution < -0.4 is 5.32 Å². The van der Waals surface area contributed by atoms with Gasteiger partial charge in [0, 0.05) is 18.0 Å². The summed E-state index contributed by atoms with van der Waals surface area (Å²) >= 11 is 0. The molecule has 0 spiro atoms. The highest BCUT2D eigenvalue weighted by Gasteiger charge is 2.37.